The molecule has 0 fully saturated rings. The standard InChI is InChI=1S/C10H15N3/c1-7(2)4-5-9-8(3)12-6-13-10(9)11/h4-7H,1-3H3,(H2,11,12,13)/b5-4-. The number of rotatable bonds is 2. The maximum atomic E-state index is 5.71. The van der Waals surface area contributed by atoms with Crippen LogP contribution in [0.4, 0.5) is 5.82 Å². The number of anilines is 1. The van der Waals surface area contributed by atoms with Crippen LogP contribution in [0.3, 0.4) is 0 Å². The molecule has 1 aromatic heterocycles. The van der Waals surface area contributed by atoms with E-state index >= 15 is 0 Å². The number of aryl methyl sites for hydroxylation is 1. The van der Waals surface area contributed by atoms with Gasteiger partial charge in [-0.3, -0.25) is 0 Å². The first-order chi connectivity index (χ1) is 6.11. The second kappa shape index (κ2) is 4.03. The van der Waals surface area contributed by atoms with Crippen LogP contribution in [0.1, 0.15) is 25.1 Å². The number of aromatic nitrogens is 2. The molecular weight excluding hydrogens is 162 g/mol. The Labute approximate surface area is 78.7 Å². The zero-order valence-corrected chi connectivity index (χ0v) is 8.28. The molecule has 13 heavy (non-hydrogen) atoms. The van der Waals surface area contributed by atoms with Crippen molar-refractivity contribution in [3.8, 4) is 0 Å². The van der Waals surface area contributed by atoms with Gasteiger partial charge in [-0.2, -0.15) is 0 Å². The van der Waals surface area contributed by atoms with Crippen molar-refractivity contribution in [2.45, 2.75) is 20.8 Å². The van der Waals surface area contributed by atoms with Gasteiger partial charge in [0.25, 0.3) is 0 Å². The van der Waals surface area contributed by atoms with Crippen LogP contribution in [0.25, 0.3) is 6.08 Å². The Balaban J connectivity index is 3.00. The lowest BCUT2D eigenvalue weighted by Gasteiger charge is -2.02. The molecule has 0 radical (unpaired) electrons. The molecule has 1 heterocycles. The molecule has 1 aromatic rings. The first-order valence-electron chi connectivity index (χ1n) is 4.36. The Bertz CT molecular complexity index is 296. The maximum absolute atomic E-state index is 5.71. The van der Waals surface area contributed by atoms with E-state index in [4.69, 9.17) is 5.73 Å². The fourth-order valence-electron chi connectivity index (χ4n) is 0.997. The van der Waals surface area contributed by atoms with Crippen molar-refractivity contribution >= 4 is 11.9 Å². The lowest BCUT2D eigenvalue weighted by atomic mass is 10.1. The third-order valence-corrected chi connectivity index (χ3v) is 1.76. The van der Waals surface area contributed by atoms with Gasteiger partial charge in [0.1, 0.15) is 12.1 Å². The largest absolute Gasteiger partial charge is 0.383 e. The number of nitrogens with two attached hydrogens (primary N) is 1. The van der Waals surface area contributed by atoms with Gasteiger partial charge in [0.2, 0.25) is 0 Å². The topological polar surface area (TPSA) is 51.8 Å². The zero-order valence-electron chi connectivity index (χ0n) is 8.28. The fourth-order valence-corrected chi connectivity index (χ4v) is 0.997. The monoisotopic (exact) mass is 177 g/mol. The van der Waals surface area contributed by atoms with E-state index in [1.807, 2.05) is 13.0 Å². The molecule has 0 saturated carbocycles. The van der Waals surface area contributed by atoms with Crippen molar-refractivity contribution < 1.29 is 0 Å². The summed E-state index contributed by atoms with van der Waals surface area (Å²) in [6, 6.07) is 0. The predicted octanol–water partition coefficient (Wildman–Crippen LogP) is 2.04. The molecule has 0 aliphatic rings. The van der Waals surface area contributed by atoms with Gasteiger partial charge in [0, 0.05) is 5.56 Å². The average Bonchev–Trinajstić information content (AvgIpc) is 2.03. The molecule has 0 amide bonds. The van der Waals surface area contributed by atoms with E-state index in [1.54, 1.807) is 0 Å². The lowest BCUT2D eigenvalue weighted by molar-refractivity contribution is 0.836. The van der Waals surface area contributed by atoms with E-state index in [0.717, 1.165) is 11.3 Å². The molecule has 0 spiro atoms. The van der Waals surface area contributed by atoms with Crippen LogP contribution in [-0.2, 0) is 0 Å². The summed E-state index contributed by atoms with van der Waals surface area (Å²) >= 11 is 0. The predicted molar refractivity (Wildman–Crippen MR) is 55.1 cm³/mol. The second-order valence-electron chi connectivity index (χ2n) is 3.36. The molecular formula is C10H15N3. The number of nitrogens with zero attached hydrogens (tertiary/aromatic N) is 2. The second-order valence-corrected chi connectivity index (χ2v) is 3.36. The molecule has 3 nitrogen and oxygen atoms in total. The molecule has 0 saturated heterocycles. The Morgan fingerprint density at radius 1 is 1.38 bits per heavy atom. The highest BCUT2D eigenvalue weighted by atomic mass is 14.9. The summed E-state index contributed by atoms with van der Waals surface area (Å²) in [5, 5.41) is 0. The molecule has 0 unspecified atom stereocenters. The van der Waals surface area contributed by atoms with Gasteiger partial charge in [-0.1, -0.05) is 26.0 Å². The van der Waals surface area contributed by atoms with Crippen molar-refractivity contribution in [2.24, 2.45) is 5.92 Å². The van der Waals surface area contributed by atoms with Gasteiger partial charge in [-0.05, 0) is 12.8 Å². The summed E-state index contributed by atoms with van der Waals surface area (Å²) in [6.45, 7) is 6.16. The average molecular weight is 177 g/mol. The van der Waals surface area contributed by atoms with Crippen LogP contribution in [0.5, 0.6) is 0 Å². The van der Waals surface area contributed by atoms with Crippen LogP contribution in [-0.4, -0.2) is 9.97 Å². The molecule has 0 aliphatic carbocycles. The van der Waals surface area contributed by atoms with Crippen molar-refractivity contribution in [1.29, 1.82) is 0 Å². The molecule has 0 aromatic carbocycles. The highest BCUT2D eigenvalue weighted by Gasteiger charge is 2.00. The molecule has 2 N–H and O–H groups in total. The van der Waals surface area contributed by atoms with Gasteiger partial charge in [-0.25, -0.2) is 9.97 Å². The summed E-state index contributed by atoms with van der Waals surface area (Å²) in [5.41, 5.74) is 7.55. The van der Waals surface area contributed by atoms with Crippen molar-refractivity contribution in [2.75, 3.05) is 5.73 Å². The van der Waals surface area contributed by atoms with E-state index in [-0.39, 0.29) is 0 Å². The van der Waals surface area contributed by atoms with E-state index in [9.17, 15) is 0 Å². The first kappa shape index (κ1) is 9.71. The van der Waals surface area contributed by atoms with Gasteiger partial charge in [-0.15, -0.1) is 0 Å². The summed E-state index contributed by atoms with van der Waals surface area (Å²) in [5.74, 6) is 1.06. The van der Waals surface area contributed by atoms with Crippen LogP contribution >= 0.6 is 0 Å². The maximum Gasteiger partial charge on any atom is 0.134 e. The van der Waals surface area contributed by atoms with Crippen molar-refractivity contribution in [3.05, 3.63) is 23.7 Å². The van der Waals surface area contributed by atoms with E-state index in [2.05, 4.69) is 29.9 Å². The number of hydrogen-bond acceptors (Lipinski definition) is 3. The van der Waals surface area contributed by atoms with Crippen LogP contribution < -0.4 is 5.73 Å². The molecule has 3 heteroatoms. The Morgan fingerprint density at radius 3 is 2.62 bits per heavy atom. The zero-order chi connectivity index (χ0) is 9.84. The Kier molecular flexibility index (Phi) is 3.01. The summed E-state index contributed by atoms with van der Waals surface area (Å²) < 4.78 is 0. The summed E-state index contributed by atoms with van der Waals surface area (Å²) in [4.78, 5) is 8.01. The lowest BCUT2D eigenvalue weighted by Crippen LogP contribution is -1.98. The molecule has 0 aliphatic heterocycles. The minimum Gasteiger partial charge on any atom is -0.383 e. The van der Waals surface area contributed by atoms with Gasteiger partial charge < -0.3 is 5.73 Å². The van der Waals surface area contributed by atoms with Crippen molar-refractivity contribution in [3.63, 3.8) is 0 Å². The Morgan fingerprint density at radius 2 is 2.08 bits per heavy atom. The fraction of sp³-hybridized carbons (Fsp3) is 0.400. The van der Waals surface area contributed by atoms with Gasteiger partial charge in [0.05, 0.1) is 5.69 Å². The minimum atomic E-state index is 0.513. The third kappa shape index (κ3) is 2.54. The number of nitrogen functional groups attached to an aromatic ring is 1. The number of allylic oxidation sites excluding steroid dienone is 1. The summed E-state index contributed by atoms with van der Waals surface area (Å²) in [6.07, 6.45) is 5.55. The Hall–Kier alpha value is -1.38. The van der Waals surface area contributed by atoms with Crippen LogP contribution in [0, 0.1) is 12.8 Å². The number of hydrogen-bond donors (Lipinski definition) is 1. The van der Waals surface area contributed by atoms with E-state index in [0.29, 0.717) is 11.7 Å². The van der Waals surface area contributed by atoms with E-state index in [1.165, 1.54) is 6.33 Å². The first-order valence-corrected chi connectivity index (χ1v) is 4.36. The third-order valence-electron chi connectivity index (χ3n) is 1.76. The van der Waals surface area contributed by atoms with Crippen molar-refractivity contribution in [1.82, 2.24) is 9.97 Å². The summed E-state index contributed by atoms with van der Waals surface area (Å²) in [7, 11) is 0. The molecule has 0 bridgehead atoms. The smallest absolute Gasteiger partial charge is 0.134 e. The molecule has 70 valence electrons. The van der Waals surface area contributed by atoms with Crippen LogP contribution in [0.2, 0.25) is 0 Å². The molecule has 0 atom stereocenters. The normalized spacial score (nSPS) is 11.4. The highest BCUT2D eigenvalue weighted by molar-refractivity contribution is 5.62. The molecule has 1 rings (SSSR count). The van der Waals surface area contributed by atoms with Crippen LogP contribution in [0.15, 0.2) is 12.4 Å². The van der Waals surface area contributed by atoms with E-state index < -0.39 is 0 Å². The minimum absolute atomic E-state index is 0.513. The van der Waals surface area contributed by atoms with Gasteiger partial charge in [0.15, 0.2) is 0 Å². The SMILES string of the molecule is Cc1ncnc(N)c1/C=C\C(C)C. The van der Waals surface area contributed by atoms with Gasteiger partial charge >= 0.3 is 0 Å². The quantitative estimate of drug-likeness (QED) is 0.752. The highest BCUT2D eigenvalue weighted by Crippen LogP contribution is 2.13.